The van der Waals surface area contributed by atoms with E-state index in [1.54, 1.807) is 0 Å². The summed E-state index contributed by atoms with van der Waals surface area (Å²) in [6.07, 6.45) is 2.21. The quantitative estimate of drug-likeness (QED) is 0.309. The van der Waals surface area contributed by atoms with E-state index in [1.807, 2.05) is 0 Å². The molecule has 0 aromatic carbocycles. The highest BCUT2D eigenvalue weighted by Crippen LogP contribution is 1.93. The third-order valence-corrected chi connectivity index (χ3v) is 1.36. The fourth-order valence-electron chi connectivity index (χ4n) is 0.875. The lowest BCUT2D eigenvalue weighted by atomic mass is 10.3. The van der Waals surface area contributed by atoms with E-state index in [0.29, 0.717) is 5.96 Å². The molecular weight excluding hydrogens is 142 g/mol. The minimum absolute atomic E-state index is 0.0538. The van der Waals surface area contributed by atoms with Crippen molar-refractivity contribution in [3.05, 3.63) is 0 Å². The normalized spacial score (nSPS) is 17.6. The van der Waals surface area contributed by atoms with Crippen LogP contribution in [0.15, 0.2) is 9.98 Å². The molecule has 1 heterocycles. The molecule has 0 radical (unpaired) electrons. The predicted molar refractivity (Wildman–Crippen MR) is 45.3 cm³/mol. The van der Waals surface area contributed by atoms with Gasteiger partial charge < -0.3 is 16.8 Å². The molecule has 1 rings (SSSR count). The molecule has 0 amide bonds. The zero-order valence-corrected chi connectivity index (χ0v) is 6.38. The van der Waals surface area contributed by atoms with Crippen molar-refractivity contribution in [1.29, 1.82) is 0 Å². The average Bonchev–Trinajstić information content (AvgIpc) is 2.14. The molecule has 5 N–H and O–H groups in total. The summed E-state index contributed by atoms with van der Waals surface area (Å²) in [7, 11) is 0. The van der Waals surface area contributed by atoms with Crippen LogP contribution in [0.1, 0.15) is 12.8 Å². The highest BCUT2D eigenvalue weighted by atomic mass is 15.2. The summed E-state index contributed by atoms with van der Waals surface area (Å²) in [4.78, 5) is 7.93. The van der Waals surface area contributed by atoms with Gasteiger partial charge in [0, 0.05) is 13.1 Å². The zero-order chi connectivity index (χ0) is 8.10. The van der Waals surface area contributed by atoms with Gasteiger partial charge in [-0.3, -0.25) is 4.99 Å². The second-order valence-electron chi connectivity index (χ2n) is 2.38. The van der Waals surface area contributed by atoms with Gasteiger partial charge >= 0.3 is 0 Å². The van der Waals surface area contributed by atoms with Gasteiger partial charge in [-0.2, -0.15) is 4.99 Å². The maximum atomic E-state index is 5.18. The molecule has 5 heteroatoms. The largest absolute Gasteiger partial charge is 0.370 e. The number of nitrogens with two attached hydrogens (primary N) is 2. The highest BCUT2D eigenvalue weighted by molar-refractivity contribution is 5.93. The molecule has 1 aliphatic heterocycles. The Morgan fingerprint density at radius 2 is 2.27 bits per heavy atom. The third kappa shape index (κ3) is 2.88. The van der Waals surface area contributed by atoms with Crippen molar-refractivity contribution in [3.63, 3.8) is 0 Å². The van der Waals surface area contributed by atoms with E-state index < -0.39 is 0 Å². The molecule has 0 aromatic rings. The van der Waals surface area contributed by atoms with Crippen LogP contribution in [0.2, 0.25) is 0 Å². The molecule has 11 heavy (non-hydrogen) atoms. The molecule has 0 atom stereocenters. The third-order valence-electron chi connectivity index (χ3n) is 1.36. The molecule has 0 saturated carbocycles. The summed E-state index contributed by atoms with van der Waals surface area (Å²) in [6, 6.07) is 0. The lowest BCUT2D eigenvalue weighted by Gasteiger charge is -1.99. The minimum atomic E-state index is 0.0538. The number of rotatable bonds is 0. The van der Waals surface area contributed by atoms with Gasteiger partial charge in [0.2, 0.25) is 5.96 Å². The van der Waals surface area contributed by atoms with E-state index in [9.17, 15) is 0 Å². The van der Waals surface area contributed by atoms with Crippen molar-refractivity contribution in [3.8, 4) is 0 Å². The first kappa shape index (κ1) is 7.84. The van der Waals surface area contributed by atoms with E-state index >= 15 is 0 Å². The fraction of sp³-hybridized carbons (Fsp3) is 0.667. The Morgan fingerprint density at radius 1 is 1.45 bits per heavy atom. The van der Waals surface area contributed by atoms with Crippen LogP contribution < -0.4 is 16.8 Å². The highest BCUT2D eigenvalue weighted by Gasteiger charge is 2.00. The standard InChI is InChI=1S/C6H13N5/c7-5(8)11-6-9-3-1-2-4-10-6/h1-4H2,(H5,7,8,9,10,11). The van der Waals surface area contributed by atoms with E-state index in [0.717, 1.165) is 25.9 Å². The lowest BCUT2D eigenvalue weighted by molar-refractivity contribution is 0.749. The SMILES string of the molecule is NC(N)=NC1=NCCCCN1. The van der Waals surface area contributed by atoms with Crippen LogP contribution in [0.5, 0.6) is 0 Å². The first-order chi connectivity index (χ1) is 5.29. The summed E-state index contributed by atoms with van der Waals surface area (Å²) >= 11 is 0. The average molecular weight is 155 g/mol. The number of guanidine groups is 2. The Kier molecular flexibility index (Phi) is 2.71. The van der Waals surface area contributed by atoms with Gasteiger partial charge in [-0.05, 0) is 12.8 Å². The van der Waals surface area contributed by atoms with Crippen molar-refractivity contribution in [2.75, 3.05) is 13.1 Å². The van der Waals surface area contributed by atoms with E-state index in [4.69, 9.17) is 11.5 Å². The Balaban J connectivity index is 2.54. The van der Waals surface area contributed by atoms with Crippen LogP contribution >= 0.6 is 0 Å². The summed E-state index contributed by atoms with van der Waals surface area (Å²) in [6.45, 7) is 1.70. The van der Waals surface area contributed by atoms with Gasteiger partial charge in [-0.25, -0.2) is 0 Å². The van der Waals surface area contributed by atoms with Gasteiger partial charge in [0.25, 0.3) is 0 Å². The molecule has 0 aliphatic carbocycles. The Labute approximate surface area is 65.6 Å². The molecule has 0 spiro atoms. The number of nitrogens with one attached hydrogen (secondary N) is 1. The molecule has 5 nitrogen and oxygen atoms in total. The summed E-state index contributed by atoms with van der Waals surface area (Å²) in [5.74, 6) is 0.612. The number of aliphatic imine (C=N–C) groups is 2. The Hall–Kier alpha value is -1.26. The molecule has 0 bridgehead atoms. The van der Waals surface area contributed by atoms with Crippen LogP contribution in [0, 0.1) is 0 Å². The topological polar surface area (TPSA) is 88.8 Å². The number of hydrogen-bond acceptors (Lipinski definition) is 3. The van der Waals surface area contributed by atoms with E-state index in [2.05, 4.69) is 15.3 Å². The second-order valence-corrected chi connectivity index (χ2v) is 2.38. The molecule has 0 fully saturated rings. The van der Waals surface area contributed by atoms with Crippen molar-refractivity contribution in [2.24, 2.45) is 21.5 Å². The first-order valence-corrected chi connectivity index (χ1v) is 3.67. The maximum absolute atomic E-state index is 5.18. The minimum Gasteiger partial charge on any atom is -0.370 e. The molecule has 0 unspecified atom stereocenters. The molecular formula is C6H13N5. The molecule has 62 valence electrons. The predicted octanol–water partition coefficient (Wildman–Crippen LogP) is -1.00. The van der Waals surface area contributed by atoms with Crippen molar-refractivity contribution >= 4 is 11.9 Å². The number of hydrogen-bond donors (Lipinski definition) is 3. The van der Waals surface area contributed by atoms with Gasteiger partial charge in [0.05, 0.1) is 0 Å². The Bertz CT molecular complexity index is 179. The van der Waals surface area contributed by atoms with Crippen LogP contribution in [0.25, 0.3) is 0 Å². The molecule has 0 aromatic heterocycles. The Morgan fingerprint density at radius 3 is 3.00 bits per heavy atom. The van der Waals surface area contributed by atoms with Crippen molar-refractivity contribution in [2.45, 2.75) is 12.8 Å². The van der Waals surface area contributed by atoms with Crippen LogP contribution in [-0.4, -0.2) is 25.0 Å². The summed E-state index contributed by atoms with van der Waals surface area (Å²) in [5.41, 5.74) is 10.4. The fourth-order valence-corrected chi connectivity index (χ4v) is 0.875. The van der Waals surface area contributed by atoms with Crippen LogP contribution in [-0.2, 0) is 0 Å². The van der Waals surface area contributed by atoms with E-state index in [1.165, 1.54) is 0 Å². The zero-order valence-electron chi connectivity index (χ0n) is 6.38. The summed E-state index contributed by atoms with van der Waals surface area (Å²) < 4.78 is 0. The lowest BCUT2D eigenvalue weighted by Crippen LogP contribution is -2.29. The number of nitrogens with zero attached hydrogens (tertiary/aromatic N) is 2. The van der Waals surface area contributed by atoms with Crippen molar-refractivity contribution in [1.82, 2.24) is 5.32 Å². The summed E-state index contributed by atoms with van der Waals surface area (Å²) in [5, 5.41) is 3.02. The van der Waals surface area contributed by atoms with Crippen molar-refractivity contribution < 1.29 is 0 Å². The van der Waals surface area contributed by atoms with Gasteiger partial charge in [0.15, 0.2) is 5.96 Å². The molecule has 0 saturated heterocycles. The van der Waals surface area contributed by atoms with Crippen LogP contribution in [0.3, 0.4) is 0 Å². The van der Waals surface area contributed by atoms with Gasteiger partial charge in [-0.1, -0.05) is 0 Å². The second kappa shape index (κ2) is 3.80. The maximum Gasteiger partial charge on any atom is 0.221 e. The molecule has 1 aliphatic rings. The van der Waals surface area contributed by atoms with E-state index in [-0.39, 0.29) is 5.96 Å². The first-order valence-electron chi connectivity index (χ1n) is 3.67. The van der Waals surface area contributed by atoms with Gasteiger partial charge in [0.1, 0.15) is 0 Å². The van der Waals surface area contributed by atoms with Crippen LogP contribution in [0.4, 0.5) is 0 Å². The monoisotopic (exact) mass is 155 g/mol. The smallest absolute Gasteiger partial charge is 0.221 e. The van der Waals surface area contributed by atoms with Gasteiger partial charge in [-0.15, -0.1) is 0 Å².